The van der Waals surface area contributed by atoms with Crippen LogP contribution in [-0.2, 0) is 6.18 Å². The molecule has 2 N–H and O–H groups in total. The van der Waals surface area contributed by atoms with E-state index < -0.39 is 11.7 Å². The number of anilines is 1. The minimum Gasteiger partial charge on any atom is -0.360 e. The number of hydrogen-bond donors (Lipinski definition) is 2. The first-order chi connectivity index (χ1) is 11.1. The lowest BCUT2D eigenvalue weighted by molar-refractivity contribution is -0.136. The summed E-state index contributed by atoms with van der Waals surface area (Å²) >= 11 is 5.21. The molecule has 0 aliphatic heterocycles. The Hall–Kier alpha value is -1.30. The van der Waals surface area contributed by atoms with Crippen LogP contribution in [0.1, 0.15) is 52.0 Å². The fourth-order valence-corrected chi connectivity index (χ4v) is 3.56. The van der Waals surface area contributed by atoms with Crippen molar-refractivity contribution in [2.24, 2.45) is 11.3 Å². The molecule has 0 radical (unpaired) electrons. The summed E-state index contributed by atoms with van der Waals surface area (Å²) in [6.07, 6.45) is -0.189. The van der Waals surface area contributed by atoms with Crippen LogP contribution in [0.5, 0.6) is 0 Å². The van der Waals surface area contributed by atoms with Crippen molar-refractivity contribution in [3.05, 3.63) is 29.8 Å². The van der Waals surface area contributed by atoms with E-state index in [0.717, 1.165) is 31.7 Å². The van der Waals surface area contributed by atoms with Crippen molar-refractivity contribution < 1.29 is 13.2 Å². The highest BCUT2D eigenvalue weighted by atomic mass is 32.1. The highest BCUT2D eigenvalue weighted by molar-refractivity contribution is 7.80. The van der Waals surface area contributed by atoms with Crippen LogP contribution in [0.2, 0.25) is 0 Å². The van der Waals surface area contributed by atoms with E-state index in [1.165, 1.54) is 12.1 Å². The zero-order valence-corrected chi connectivity index (χ0v) is 15.2. The van der Waals surface area contributed by atoms with E-state index >= 15 is 0 Å². The van der Waals surface area contributed by atoms with Crippen molar-refractivity contribution in [2.45, 2.75) is 58.7 Å². The van der Waals surface area contributed by atoms with Crippen LogP contribution in [0, 0.1) is 11.3 Å². The first-order valence-corrected chi connectivity index (χ1v) is 8.72. The Labute approximate surface area is 147 Å². The van der Waals surface area contributed by atoms with Gasteiger partial charge in [0.25, 0.3) is 0 Å². The van der Waals surface area contributed by atoms with Crippen LogP contribution < -0.4 is 10.6 Å². The Morgan fingerprint density at radius 3 is 2.17 bits per heavy atom. The Bertz CT molecular complexity index is 570. The van der Waals surface area contributed by atoms with Gasteiger partial charge in [0.1, 0.15) is 0 Å². The summed E-state index contributed by atoms with van der Waals surface area (Å²) in [6, 6.07) is 5.61. The van der Waals surface area contributed by atoms with Gasteiger partial charge in [0, 0.05) is 6.04 Å². The van der Waals surface area contributed by atoms with Gasteiger partial charge in [-0.1, -0.05) is 32.9 Å². The van der Waals surface area contributed by atoms with Gasteiger partial charge in [0.15, 0.2) is 5.11 Å². The lowest BCUT2D eigenvalue weighted by Crippen LogP contribution is -2.41. The standard InChI is InChI=1S/C18H25F3N2S/c1-17(2,3)12-8-10-13(11-9-12)22-16(24)23-15-7-5-4-6-14(15)18(19,20)21/h4-7,12-13H,8-11H2,1-3H3,(H2,22,23,24). The summed E-state index contributed by atoms with van der Waals surface area (Å²) in [6.45, 7) is 6.77. The van der Waals surface area contributed by atoms with Crippen molar-refractivity contribution >= 4 is 23.0 Å². The second-order valence-electron chi connectivity index (χ2n) is 7.56. The Balaban J connectivity index is 1.92. The normalized spacial score (nSPS) is 22.1. The molecule has 0 aromatic heterocycles. The minimum atomic E-state index is -4.40. The van der Waals surface area contributed by atoms with Crippen LogP contribution in [0.15, 0.2) is 24.3 Å². The van der Waals surface area contributed by atoms with Crippen molar-refractivity contribution in [1.29, 1.82) is 0 Å². The van der Waals surface area contributed by atoms with Gasteiger partial charge in [-0.05, 0) is 61.4 Å². The molecule has 2 rings (SSSR count). The molecular formula is C18H25F3N2S. The van der Waals surface area contributed by atoms with Gasteiger partial charge in [0.05, 0.1) is 11.3 Å². The maximum Gasteiger partial charge on any atom is 0.418 e. The number of rotatable bonds is 2. The molecular weight excluding hydrogens is 333 g/mol. The van der Waals surface area contributed by atoms with E-state index in [1.807, 2.05) is 0 Å². The molecule has 1 aromatic carbocycles. The van der Waals surface area contributed by atoms with Gasteiger partial charge in [0.2, 0.25) is 0 Å². The van der Waals surface area contributed by atoms with E-state index in [9.17, 15) is 13.2 Å². The van der Waals surface area contributed by atoms with Crippen LogP contribution in [0.3, 0.4) is 0 Å². The first-order valence-electron chi connectivity index (χ1n) is 8.31. The SMILES string of the molecule is CC(C)(C)C1CCC(NC(=S)Nc2ccccc2C(F)(F)F)CC1. The lowest BCUT2D eigenvalue weighted by atomic mass is 9.71. The summed E-state index contributed by atoms with van der Waals surface area (Å²) in [5, 5.41) is 6.13. The van der Waals surface area contributed by atoms with Crippen molar-refractivity contribution in [1.82, 2.24) is 5.32 Å². The molecule has 6 heteroatoms. The Kier molecular flexibility index (Phi) is 5.78. The summed E-state index contributed by atoms with van der Waals surface area (Å²) in [4.78, 5) is 0. The molecule has 0 heterocycles. The van der Waals surface area contributed by atoms with Crippen LogP contribution in [0.4, 0.5) is 18.9 Å². The molecule has 2 nitrogen and oxygen atoms in total. The van der Waals surface area contributed by atoms with E-state index in [2.05, 4.69) is 31.4 Å². The molecule has 1 aliphatic rings. The third-order valence-corrected chi connectivity index (χ3v) is 4.99. The summed E-state index contributed by atoms with van der Waals surface area (Å²) in [5.41, 5.74) is -0.411. The topological polar surface area (TPSA) is 24.1 Å². The molecule has 0 amide bonds. The lowest BCUT2D eigenvalue weighted by Gasteiger charge is -2.37. The average molecular weight is 358 g/mol. The summed E-state index contributed by atoms with van der Waals surface area (Å²) in [5.74, 6) is 0.683. The molecule has 1 fully saturated rings. The van der Waals surface area contributed by atoms with Crippen LogP contribution in [0.25, 0.3) is 0 Å². The van der Waals surface area contributed by atoms with Crippen LogP contribution in [-0.4, -0.2) is 11.2 Å². The molecule has 1 aromatic rings. The molecule has 134 valence electrons. The predicted octanol–water partition coefficient (Wildman–Crippen LogP) is 5.60. The van der Waals surface area contributed by atoms with Crippen molar-refractivity contribution in [3.63, 3.8) is 0 Å². The van der Waals surface area contributed by atoms with Gasteiger partial charge < -0.3 is 10.6 Å². The van der Waals surface area contributed by atoms with Crippen molar-refractivity contribution in [2.75, 3.05) is 5.32 Å². The highest BCUT2D eigenvalue weighted by Crippen LogP contribution is 2.38. The van der Waals surface area contributed by atoms with E-state index in [4.69, 9.17) is 12.2 Å². The number of benzene rings is 1. The monoisotopic (exact) mass is 358 g/mol. The number of alkyl halides is 3. The van der Waals surface area contributed by atoms with Gasteiger partial charge in [-0.25, -0.2) is 0 Å². The maximum absolute atomic E-state index is 13.0. The van der Waals surface area contributed by atoms with E-state index in [1.54, 1.807) is 6.07 Å². The maximum atomic E-state index is 13.0. The van der Waals surface area contributed by atoms with Crippen molar-refractivity contribution in [3.8, 4) is 0 Å². The average Bonchev–Trinajstić information content (AvgIpc) is 2.46. The van der Waals surface area contributed by atoms with E-state index in [0.29, 0.717) is 11.3 Å². The highest BCUT2D eigenvalue weighted by Gasteiger charge is 2.34. The Morgan fingerprint density at radius 2 is 1.62 bits per heavy atom. The second kappa shape index (κ2) is 7.30. The largest absolute Gasteiger partial charge is 0.418 e. The fraction of sp³-hybridized carbons (Fsp3) is 0.611. The summed E-state index contributed by atoms with van der Waals surface area (Å²) in [7, 11) is 0. The quantitative estimate of drug-likeness (QED) is 0.673. The van der Waals surface area contributed by atoms with Gasteiger partial charge in [-0.3, -0.25) is 0 Å². The molecule has 24 heavy (non-hydrogen) atoms. The zero-order valence-electron chi connectivity index (χ0n) is 14.3. The third-order valence-electron chi connectivity index (χ3n) is 4.77. The number of thiocarbonyl (C=S) groups is 1. The third kappa shape index (κ3) is 5.10. The molecule has 0 bridgehead atoms. The number of halogens is 3. The number of nitrogens with one attached hydrogen (secondary N) is 2. The molecule has 0 spiro atoms. The fourth-order valence-electron chi connectivity index (χ4n) is 3.29. The van der Waals surface area contributed by atoms with Crippen LogP contribution >= 0.6 is 12.2 Å². The molecule has 0 unspecified atom stereocenters. The van der Waals surface area contributed by atoms with E-state index in [-0.39, 0.29) is 16.8 Å². The smallest absolute Gasteiger partial charge is 0.360 e. The summed E-state index contributed by atoms with van der Waals surface area (Å²) < 4.78 is 39.0. The van der Waals surface area contributed by atoms with Gasteiger partial charge in [-0.2, -0.15) is 13.2 Å². The minimum absolute atomic E-state index is 0.00845. The first kappa shape index (κ1) is 19.0. The molecule has 1 aliphatic carbocycles. The molecule has 0 saturated heterocycles. The molecule has 1 saturated carbocycles. The zero-order chi connectivity index (χ0) is 18.0. The van der Waals surface area contributed by atoms with Gasteiger partial charge >= 0.3 is 6.18 Å². The predicted molar refractivity (Wildman–Crippen MR) is 96.0 cm³/mol. The van der Waals surface area contributed by atoms with Gasteiger partial charge in [-0.15, -0.1) is 0 Å². The molecule has 0 atom stereocenters. The number of hydrogen-bond acceptors (Lipinski definition) is 1. The number of para-hydroxylation sites is 1. The Morgan fingerprint density at radius 1 is 1.04 bits per heavy atom. The second-order valence-corrected chi connectivity index (χ2v) is 7.96.